The molecule has 3 aliphatic rings. The van der Waals surface area contributed by atoms with E-state index in [1.165, 1.54) is 6.33 Å². The molecule has 1 saturated carbocycles. The first-order valence-corrected chi connectivity index (χ1v) is 9.27. The largest absolute Gasteiger partial charge is 0.490 e. The standard InChI is InChI=1S/C20H22N4O3/c1-25-14-3-5-18-16(7-14)20(10-26-19(21)24-20)15-6-12(2-4-17(15)27-18)13-8-22-11-23-9-13/h2,4,6,8-9,11,14,16,18H,3,5,7,10H2,1H3,(H2,21,24)/t14-,16-,18?,20?/m0/s1. The van der Waals surface area contributed by atoms with E-state index in [0.717, 1.165) is 41.7 Å². The van der Waals surface area contributed by atoms with Crippen LogP contribution in [0.2, 0.25) is 0 Å². The molecule has 7 heteroatoms. The molecule has 1 aromatic carbocycles. The Hall–Kier alpha value is -2.67. The molecule has 2 aliphatic heterocycles. The van der Waals surface area contributed by atoms with Crippen LogP contribution in [-0.4, -0.2) is 41.9 Å². The van der Waals surface area contributed by atoms with E-state index in [2.05, 4.69) is 16.0 Å². The topological polar surface area (TPSA) is 91.8 Å². The zero-order chi connectivity index (χ0) is 18.4. The number of benzene rings is 1. The van der Waals surface area contributed by atoms with E-state index in [-0.39, 0.29) is 24.1 Å². The summed E-state index contributed by atoms with van der Waals surface area (Å²) in [5.41, 5.74) is 8.43. The van der Waals surface area contributed by atoms with Crippen molar-refractivity contribution in [3.8, 4) is 16.9 Å². The molecule has 7 nitrogen and oxygen atoms in total. The number of nitrogens with two attached hydrogens (primary N) is 1. The van der Waals surface area contributed by atoms with Crippen molar-refractivity contribution in [3.63, 3.8) is 0 Å². The van der Waals surface area contributed by atoms with Gasteiger partial charge in [-0.25, -0.2) is 15.0 Å². The number of aliphatic imine (C=N–C) groups is 1. The second kappa shape index (κ2) is 6.20. The molecule has 2 aromatic rings. The molecule has 0 saturated heterocycles. The summed E-state index contributed by atoms with van der Waals surface area (Å²) in [6.07, 6.45) is 8.23. The minimum absolute atomic E-state index is 0.0908. The van der Waals surface area contributed by atoms with E-state index in [0.29, 0.717) is 6.61 Å². The zero-order valence-corrected chi connectivity index (χ0v) is 15.2. The van der Waals surface area contributed by atoms with E-state index >= 15 is 0 Å². The van der Waals surface area contributed by atoms with Crippen molar-refractivity contribution in [1.29, 1.82) is 0 Å². The van der Waals surface area contributed by atoms with Gasteiger partial charge in [-0.15, -0.1) is 0 Å². The van der Waals surface area contributed by atoms with Gasteiger partial charge in [-0.05, 0) is 37.0 Å². The number of methoxy groups -OCH3 is 1. The summed E-state index contributed by atoms with van der Waals surface area (Å²) in [7, 11) is 1.77. The summed E-state index contributed by atoms with van der Waals surface area (Å²) in [6.45, 7) is 0.432. The van der Waals surface area contributed by atoms with Crippen LogP contribution in [0.25, 0.3) is 11.1 Å². The van der Waals surface area contributed by atoms with Crippen molar-refractivity contribution in [1.82, 2.24) is 9.97 Å². The number of ether oxygens (including phenoxy) is 3. The van der Waals surface area contributed by atoms with Crippen molar-refractivity contribution in [2.24, 2.45) is 16.6 Å². The van der Waals surface area contributed by atoms with Gasteiger partial charge in [0, 0.05) is 36.5 Å². The molecule has 4 atom stereocenters. The van der Waals surface area contributed by atoms with Crippen LogP contribution in [0.4, 0.5) is 0 Å². The van der Waals surface area contributed by atoms with Crippen LogP contribution in [0.3, 0.4) is 0 Å². The molecule has 0 bridgehead atoms. The van der Waals surface area contributed by atoms with Crippen LogP contribution in [-0.2, 0) is 15.0 Å². The highest BCUT2D eigenvalue weighted by Crippen LogP contribution is 2.53. The average molecular weight is 366 g/mol. The van der Waals surface area contributed by atoms with E-state index in [1.54, 1.807) is 19.5 Å². The average Bonchev–Trinajstić information content (AvgIpc) is 3.11. The van der Waals surface area contributed by atoms with Crippen molar-refractivity contribution >= 4 is 6.02 Å². The van der Waals surface area contributed by atoms with Crippen LogP contribution in [0.1, 0.15) is 24.8 Å². The van der Waals surface area contributed by atoms with Gasteiger partial charge in [-0.2, -0.15) is 0 Å². The second-order valence-corrected chi connectivity index (χ2v) is 7.43. The van der Waals surface area contributed by atoms with Gasteiger partial charge in [0.25, 0.3) is 6.02 Å². The predicted molar refractivity (Wildman–Crippen MR) is 99.3 cm³/mol. The molecule has 3 heterocycles. The van der Waals surface area contributed by atoms with Crippen molar-refractivity contribution in [2.75, 3.05) is 13.7 Å². The Labute approximate surface area is 157 Å². The maximum absolute atomic E-state index is 6.39. The van der Waals surface area contributed by atoms with Crippen LogP contribution in [0.15, 0.2) is 41.9 Å². The number of aromatic nitrogens is 2. The number of amidine groups is 1. The third kappa shape index (κ3) is 2.56. The minimum Gasteiger partial charge on any atom is -0.490 e. The van der Waals surface area contributed by atoms with E-state index in [4.69, 9.17) is 24.9 Å². The maximum Gasteiger partial charge on any atom is 0.283 e. The van der Waals surface area contributed by atoms with Crippen molar-refractivity contribution < 1.29 is 14.2 Å². The van der Waals surface area contributed by atoms with E-state index in [1.807, 2.05) is 12.1 Å². The molecule has 5 rings (SSSR count). The Morgan fingerprint density at radius 1 is 1.19 bits per heavy atom. The smallest absolute Gasteiger partial charge is 0.283 e. The first-order valence-electron chi connectivity index (χ1n) is 9.27. The Balaban J connectivity index is 1.64. The van der Waals surface area contributed by atoms with Gasteiger partial charge in [-0.1, -0.05) is 6.07 Å². The fourth-order valence-electron chi connectivity index (χ4n) is 4.70. The zero-order valence-electron chi connectivity index (χ0n) is 15.2. The molecule has 1 spiro atoms. The fourth-order valence-corrected chi connectivity index (χ4v) is 4.70. The third-order valence-electron chi connectivity index (χ3n) is 6.05. The number of fused-ring (bicyclic) bond motifs is 4. The van der Waals surface area contributed by atoms with Gasteiger partial charge in [0.1, 0.15) is 30.3 Å². The maximum atomic E-state index is 6.39. The van der Waals surface area contributed by atoms with Gasteiger partial charge < -0.3 is 19.9 Å². The molecular formula is C20H22N4O3. The Bertz CT molecular complexity index is 888. The molecule has 27 heavy (non-hydrogen) atoms. The first kappa shape index (κ1) is 16.5. The van der Waals surface area contributed by atoms with Crippen molar-refractivity contribution in [2.45, 2.75) is 37.0 Å². The van der Waals surface area contributed by atoms with Gasteiger partial charge in [0.15, 0.2) is 0 Å². The molecule has 1 aliphatic carbocycles. The van der Waals surface area contributed by atoms with Crippen molar-refractivity contribution in [3.05, 3.63) is 42.5 Å². The highest BCUT2D eigenvalue weighted by Gasteiger charge is 2.55. The lowest BCUT2D eigenvalue weighted by Crippen LogP contribution is -2.52. The highest BCUT2D eigenvalue weighted by atomic mass is 16.5. The van der Waals surface area contributed by atoms with Gasteiger partial charge in [-0.3, -0.25) is 0 Å². The Morgan fingerprint density at radius 3 is 2.78 bits per heavy atom. The Kier molecular flexibility index (Phi) is 3.79. The van der Waals surface area contributed by atoms with Gasteiger partial charge in [0.2, 0.25) is 0 Å². The first-order chi connectivity index (χ1) is 13.2. The Morgan fingerprint density at radius 2 is 2.04 bits per heavy atom. The molecule has 140 valence electrons. The molecule has 2 unspecified atom stereocenters. The molecule has 1 aromatic heterocycles. The number of hydrogen-bond acceptors (Lipinski definition) is 7. The van der Waals surface area contributed by atoms with Gasteiger partial charge in [0.05, 0.1) is 6.10 Å². The fraction of sp³-hybridized carbons (Fsp3) is 0.450. The van der Waals surface area contributed by atoms with Crippen LogP contribution in [0.5, 0.6) is 5.75 Å². The lowest BCUT2D eigenvalue weighted by atomic mass is 9.67. The summed E-state index contributed by atoms with van der Waals surface area (Å²) in [5.74, 6) is 1.02. The number of hydrogen-bond donors (Lipinski definition) is 1. The molecule has 0 radical (unpaired) electrons. The van der Waals surface area contributed by atoms with Crippen LogP contribution < -0.4 is 10.5 Å². The van der Waals surface area contributed by atoms with E-state index < -0.39 is 5.54 Å². The van der Waals surface area contributed by atoms with Crippen LogP contribution >= 0.6 is 0 Å². The summed E-state index contributed by atoms with van der Waals surface area (Å²) >= 11 is 0. The summed E-state index contributed by atoms with van der Waals surface area (Å²) < 4.78 is 17.7. The molecule has 0 amide bonds. The second-order valence-electron chi connectivity index (χ2n) is 7.43. The lowest BCUT2D eigenvalue weighted by Gasteiger charge is -2.47. The predicted octanol–water partition coefficient (Wildman–Crippen LogP) is 2.26. The number of nitrogens with zero attached hydrogens (tertiary/aromatic N) is 3. The summed E-state index contributed by atoms with van der Waals surface area (Å²) in [4.78, 5) is 13.1. The highest BCUT2D eigenvalue weighted by molar-refractivity contribution is 5.75. The molecular weight excluding hydrogens is 344 g/mol. The quantitative estimate of drug-likeness (QED) is 0.876. The third-order valence-corrected chi connectivity index (χ3v) is 6.05. The minimum atomic E-state index is -0.537. The summed E-state index contributed by atoms with van der Waals surface area (Å²) in [5, 5.41) is 0. The van der Waals surface area contributed by atoms with Gasteiger partial charge >= 0.3 is 0 Å². The lowest BCUT2D eigenvalue weighted by molar-refractivity contribution is -0.0490. The SMILES string of the molecule is CO[C@H]1CCC2Oc3ccc(-c4cncnc4)cc3C3(COC(N)=N3)[C@H]2C1. The monoisotopic (exact) mass is 366 g/mol. The number of rotatable bonds is 2. The normalized spacial score (nSPS) is 31.4. The van der Waals surface area contributed by atoms with Crippen LogP contribution in [0, 0.1) is 5.92 Å². The summed E-state index contributed by atoms with van der Waals surface area (Å²) in [6, 6.07) is 6.42. The van der Waals surface area contributed by atoms with E-state index in [9.17, 15) is 0 Å². The molecule has 2 N–H and O–H groups in total. The molecule has 1 fully saturated rings.